The molecule has 0 spiro atoms. The van der Waals surface area contributed by atoms with Crippen molar-refractivity contribution < 1.29 is 39.0 Å². The van der Waals surface area contributed by atoms with Crippen LogP contribution in [0.1, 0.15) is 44.1 Å². The molecule has 14 heteroatoms. The Morgan fingerprint density at radius 2 is 1.37 bits per heavy atom. The van der Waals surface area contributed by atoms with Crippen LogP contribution < -0.4 is 33.2 Å². The zero-order valence-corrected chi connectivity index (χ0v) is 20.9. The fourth-order valence-corrected chi connectivity index (χ4v) is 3.47. The number of primary amides is 1. The summed E-state index contributed by atoms with van der Waals surface area (Å²) in [5.41, 5.74) is 16.9. The van der Waals surface area contributed by atoms with E-state index in [4.69, 9.17) is 22.3 Å². The number of nitrogens with one attached hydrogen (secondary N) is 3. The highest BCUT2D eigenvalue weighted by atomic mass is 16.4. The van der Waals surface area contributed by atoms with Gasteiger partial charge in [0.2, 0.25) is 23.6 Å². The third-order valence-electron chi connectivity index (χ3n) is 5.52. The number of amides is 4. The standard InChI is InChI=1S/C24H36N6O8/c25-11-5-4-8-16(28-21(34)15(26)13-20(32)33)22(35)30-18(12-14-6-2-1-3-7-14)23(36)29-17(24(37)38)9-10-19(27)31/h1-3,6-7,15-18H,4-5,8-13,25-26H2,(H2,27,31)(H,28,34)(H,29,36)(H,30,35)(H,32,33)(H,37,38). The molecule has 0 radical (unpaired) electrons. The SMILES string of the molecule is NCCCCC(NC(=O)C(N)CC(=O)O)C(=O)NC(Cc1ccccc1)C(=O)NC(CCC(N)=O)C(=O)O. The lowest BCUT2D eigenvalue weighted by Crippen LogP contribution is -2.57. The van der Waals surface area contributed by atoms with Crippen molar-refractivity contribution >= 4 is 35.6 Å². The van der Waals surface area contributed by atoms with E-state index in [0.717, 1.165) is 0 Å². The Bertz CT molecular complexity index is 974. The van der Waals surface area contributed by atoms with Crippen molar-refractivity contribution in [2.45, 2.75) is 69.1 Å². The molecule has 11 N–H and O–H groups in total. The molecule has 4 amide bonds. The number of benzene rings is 1. The minimum atomic E-state index is -1.43. The Morgan fingerprint density at radius 3 is 1.92 bits per heavy atom. The Kier molecular flexibility index (Phi) is 14.0. The molecule has 0 aliphatic carbocycles. The number of rotatable bonds is 18. The van der Waals surface area contributed by atoms with Gasteiger partial charge in [0, 0.05) is 12.8 Å². The van der Waals surface area contributed by atoms with Crippen LogP contribution in [0, 0.1) is 0 Å². The van der Waals surface area contributed by atoms with Gasteiger partial charge in [-0.3, -0.25) is 24.0 Å². The first-order valence-corrected chi connectivity index (χ1v) is 12.1. The maximum absolute atomic E-state index is 13.2. The van der Waals surface area contributed by atoms with Gasteiger partial charge < -0.3 is 43.4 Å². The zero-order valence-electron chi connectivity index (χ0n) is 20.9. The molecule has 0 saturated heterocycles. The molecule has 0 heterocycles. The van der Waals surface area contributed by atoms with Crippen LogP contribution in [-0.2, 0) is 35.2 Å². The van der Waals surface area contributed by atoms with E-state index in [1.807, 2.05) is 0 Å². The van der Waals surface area contributed by atoms with Gasteiger partial charge >= 0.3 is 11.9 Å². The molecule has 0 aromatic heterocycles. The lowest BCUT2D eigenvalue weighted by atomic mass is 10.0. The van der Waals surface area contributed by atoms with Crippen molar-refractivity contribution in [3.8, 4) is 0 Å². The van der Waals surface area contributed by atoms with Crippen molar-refractivity contribution in [3.05, 3.63) is 35.9 Å². The molecule has 210 valence electrons. The molecule has 1 aromatic rings. The van der Waals surface area contributed by atoms with Gasteiger partial charge in [-0.05, 0) is 37.8 Å². The maximum Gasteiger partial charge on any atom is 0.326 e. The lowest BCUT2D eigenvalue weighted by Gasteiger charge is -2.25. The molecule has 38 heavy (non-hydrogen) atoms. The number of carbonyl (C=O) groups excluding carboxylic acids is 4. The van der Waals surface area contributed by atoms with Crippen molar-refractivity contribution in [3.63, 3.8) is 0 Å². The average Bonchev–Trinajstić information content (AvgIpc) is 2.85. The van der Waals surface area contributed by atoms with E-state index < -0.39 is 66.2 Å². The topological polar surface area (TPSA) is 257 Å². The molecular formula is C24H36N6O8. The number of carbonyl (C=O) groups is 6. The molecule has 1 rings (SSSR count). The summed E-state index contributed by atoms with van der Waals surface area (Å²) >= 11 is 0. The third-order valence-corrected chi connectivity index (χ3v) is 5.52. The van der Waals surface area contributed by atoms with E-state index in [1.54, 1.807) is 30.3 Å². The van der Waals surface area contributed by atoms with Gasteiger partial charge in [0.15, 0.2) is 0 Å². The van der Waals surface area contributed by atoms with Crippen LogP contribution >= 0.6 is 0 Å². The predicted molar refractivity (Wildman–Crippen MR) is 135 cm³/mol. The van der Waals surface area contributed by atoms with E-state index in [2.05, 4.69) is 16.0 Å². The number of hydrogen-bond acceptors (Lipinski definition) is 8. The van der Waals surface area contributed by atoms with Gasteiger partial charge in [-0.15, -0.1) is 0 Å². The summed E-state index contributed by atoms with van der Waals surface area (Å²) in [5.74, 6) is -5.85. The number of carboxylic acid groups (broad SMARTS) is 2. The first kappa shape index (κ1) is 32.0. The molecule has 0 aliphatic rings. The van der Waals surface area contributed by atoms with E-state index in [0.29, 0.717) is 24.9 Å². The van der Waals surface area contributed by atoms with Crippen LogP contribution in [0.15, 0.2) is 30.3 Å². The summed E-state index contributed by atoms with van der Waals surface area (Å²) in [6.45, 7) is 0.335. The number of hydrogen-bond donors (Lipinski definition) is 8. The number of unbranched alkanes of at least 4 members (excludes halogenated alkanes) is 1. The summed E-state index contributed by atoms with van der Waals surface area (Å²) in [6, 6.07) is 3.37. The molecular weight excluding hydrogens is 500 g/mol. The number of carboxylic acids is 2. The summed E-state index contributed by atoms with van der Waals surface area (Å²) in [7, 11) is 0. The molecule has 4 unspecified atom stereocenters. The van der Waals surface area contributed by atoms with E-state index in [1.165, 1.54) is 0 Å². The molecule has 0 saturated carbocycles. The smallest absolute Gasteiger partial charge is 0.326 e. The highest BCUT2D eigenvalue weighted by Gasteiger charge is 2.30. The average molecular weight is 537 g/mol. The highest BCUT2D eigenvalue weighted by molar-refractivity contribution is 5.95. The molecule has 0 fully saturated rings. The number of aliphatic carboxylic acids is 2. The van der Waals surface area contributed by atoms with E-state index >= 15 is 0 Å². The summed E-state index contributed by atoms with van der Waals surface area (Å²) < 4.78 is 0. The predicted octanol–water partition coefficient (Wildman–Crippen LogP) is -2.04. The first-order valence-electron chi connectivity index (χ1n) is 12.1. The second kappa shape index (κ2) is 16.7. The summed E-state index contributed by atoms with van der Waals surface area (Å²) in [6.07, 6.45) is -0.0841. The lowest BCUT2D eigenvalue weighted by molar-refractivity contribution is -0.142. The zero-order chi connectivity index (χ0) is 28.7. The fraction of sp³-hybridized carbons (Fsp3) is 0.500. The molecule has 4 atom stereocenters. The van der Waals surface area contributed by atoms with Gasteiger partial charge in [0.1, 0.15) is 18.1 Å². The Labute approximate surface area is 219 Å². The third kappa shape index (κ3) is 12.3. The normalized spacial score (nSPS) is 13.8. The molecule has 14 nitrogen and oxygen atoms in total. The van der Waals surface area contributed by atoms with Crippen molar-refractivity contribution in [1.82, 2.24) is 16.0 Å². The van der Waals surface area contributed by atoms with Crippen LogP contribution in [0.2, 0.25) is 0 Å². The fourth-order valence-electron chi connectivity index (χ4n) is 3.47. The molecule has 1 aromatic carbocycles. The highest BCUT2D eigenvalue weighted by Crippen LogP contribution is 2.08. The molecule has 0 aliphatic heterocycles. The second-order valence-electron chi connectivity index (χ2n) is 8.71. The Morgan fingerprint density at radius 1 is 0.789 bits per heavy atom. The molecule has 0 bridgehead atoms. The van der Waals surface area contributed by atoms with Gasteiger partial charge in [-0.1, -0.05) is 30.3 Å². The summed E-state index contributed by atoms with van der Waals surface area (Å²) in [5, 5.41) is 25.6. The Hall–Kier alpha value is -4.04. The second-order valence-corrected chi connectivity index (χ2v) is 8.71. The first-order chi connectivity index (χ1) is 17.9. The van der Waals surface area contributed by atoms with Gasteiger partial charge in [0.05, 0.1) is 12.5 Å². The van der Waals surface area contributed by atoms with Gasteiger partial charge in [0.25, 0.3) is 0 Å². The van der Waals surface area contributed by atoms with Crippen LogP contribution in [-0.4, -0.2) is 76.5 Å². The van der Waals surface area contributed by atoms with E-state index in [9.17, 15) is 33.9 Å². The van der Waals surface area contributed by atoms with E-state index in [-0.39, 0.29) is 25.7 Å². The van der Waals surface area contributed by atoms with Crippen LogP contribution in [0.4, 0.5) is 0 Å². The van der Waals surface area contributed by atoms with Gasteiger partial charge in [-0.25, -0.2) is 4.79 Å². The minimum Gasteiger partial charge on any atom is -0.481 e. The quantitative estimate of drug-likeness (QED) is 0.0953. The van der Waals surface area contributed by atoms with Gasteiger partial charge in [-0.2, -0.15) is 0 Å². The van der Waals surface area contributed by atoms with Crippen molar-refractivity contribution in [2.75, 3.05) is 6.54 Å². The summed E-state index contributed by atoms with van der Waals surface area (Å²) in [4.78, 5) is 72.2. The Balaban J connectivity index is 3.12. The van der Waals surface area contributed by atoms with Crippen LogP contribution in [0.5, 0.6) is 0 Å². The van der Waals surface area contributed by atoms with Crippen molar-refractivity contribution in [1.29, 1.82) is 0 Å². The monoisotopic (exact) mass is 536 g/mol. The largest absolute Gasteiger partial charge is 0.481 e. The van der Waals surface area contributed by atoms with Crippen LogP contribution in [0.3, 0.4) is 0 Å². The van der Waals surface area contributed by atoms with Crippen LogP contribution in [0.25, 0.3) is 0 Å². The number of nitrogens with two attached hydrogens (primary N) is 3. The minimum absolute atomic E-state index is 0.0113. The van der Waals surface area contributed by atoms with Crippen molar-refractivity contribution in [2.24, 2.45) is 17.2 Å². The maximum atomic E-state index is 13.2.